The predicted octanol–water partition coefficient (Wildman–Crippen LogP) is 1.39. The van der Waals surface area contributed by atoms with E-state index in [0.29, 0.717) is 17.3 Å². The van der Waals surface area contributed by atoms with Crippen molar-refractivity contribution in [1.29, 1.82) is 0 Å². The number of rotatable bonds is 3. The van der Waals surface area contributed by atoms with Crippen LogP contribution in [0.15, 0.2) is 35.6 Å². The summed E-state index contributed by atoms with van der Waals surface area (Å²) in [5, 5.41) is 14.3. The molecule has 1 saturated heterocycles. The van der Waals surface area contributed by atoms with Crippen LogP contribution < -0.4 is 14.8 Å². The molecule has 1 aliphatic heterocycles. The van der Waals surface area contributed by atoms with E-state index in [1.807, 2.05) is 18.2 Å². The summed E-state index contributed by atoms with van der Waals surface area (Å²) in [4.78, 5) is 12.3. The van der Waals surface area contributed by atoms with Gasteiger partial charge in [0.15, 0.2) is 17.3 Å². The van der Waals surface area contributed by atoms with E-state index in [1.165, 1.54) is 7.11 Å². The third-order valence-corrected chi connectivity index (χ3v) is 5.53. The largest absolute Gasteiger partial charge is 0.493 e. The van der Waals surface area contributed by atoms with Gasteiger partial charge in [0.1, 0.15) is 0 Å². The third-order valence-electron chi connectivity index (χ3n) is 5.53. The molecule has 0 saturated carbocycles. The quantitative estimate of drug-likeness (QED) is 0.864. The van der Waals surface area contributed by atoms with Crippen LogP contribution in [0.3, 0.4) is 0 Å². The van der Waals surface area contributed by atoms with E-state index in [1.54, 1.807) is 20.3 Å². The molecule has 132 valence electrons. The number of aliphatic hydroxyl groups is 1. The molecule has 0 radical (unpaired) electrons. The summed E-state index contributed by atoms with van der Waals surface area (Å²) in [6, 6.07) is 3.43. The van der Waals surface area contributed by atoms with Gasteiger partial charge >= 0.3 is 0 Å². The Balaban J connectivity index is 2.02. The highest BCUT2D eigenvalue weighted by Crippen LogP contribution is 2.54. The van der Waals surface area contributed by atoms with E-state index in [2.05, 4.69) is 5.32 Å². The number of fused-ring (bicyclic) bond motifs is 1. The molecule has 1 fully saturated rings. The molecule has 6 nitrogen and oxygen atoms in total. The van der Waals surface area contributed by atoms with Gasteiger partial charge in [0, 0.05) is 5.41 Å². The average Bonchev–Trinajstić information content (AvgIpc) is 2.64. The van der Waals surface area contributed by atoms with E-state index >= 15 is 0 Å². The molecule has 25 heavy (non-hydrogen) atoms. The van der Waals surface area contributed by atoms with E-state index in [9.17, 15) is 9.90 Å². The van der Waals surface area contributed by atoms with Gasteiger partial charge in [0.2, 0.25) is 5.78 Å². The van der Waals surface area contributed by atoms with E-state index in [0.717, 1.165) is 29.7 Å². The lowest BCUT2D eigenvalue weighted by atomic mass is 9.58. The molecule has 1 aromatic carbocycles. The third kappa shape index (κ3) is 2.07. The van der Waals surface area contributed by atoms with Crippen molar-refractivity contribution >= 4 is 5.78 Å². The molecule has 2 bridgehead atoms. The van der Waals surface area contributed by atoms with Gasteiger partial charge in [-0.3, -0.25) is 4.79 Å². The Morgan fingerprint density at radius 3 is 2.56 bits per heavy atom. The topological polar surface area (TPSA) is 77.0 Å². The van der Waals surface area contributed by atoms with Crippen molar-refractivity contribution in [1.82, 2.24) is 5.32 Å². The Morgan fingerprint density at radius 2 is 1.88 bits per heavy atom. The van der Waals surface area contributed by atoms with E-state index in [4.69, 9.17) is 14.2 Å². The molecule has 1 aromatic rings. The van der Waals surface area contributed by atoms with Crippen molar-refractivity contribution in [3.63, 3.8) is 0 Å². The van der Waals surface area contributed by atoms with Crippen LogP contribution in [-0.4, -0.2) is 44.8 Å². The number of hydrogen-bond acceptors (Lipinski definition) is 6. The molecule has 6 heteroatoms. The van der Waals surface area contributed by atoms with Gasteiger partial charge in [-0.1, -0.05) is 0 Å². The van der Waals surface area contributed by atoms with Crippen LogP contribution in [-0.2, 0) is 14.9 Å². The molecule has 2 aliphatic carbocycles. The van der Waals surface area contributed by atoms with Gasteiger partial charge < -0.3 is 24.6 Å². The number of methoxy groups -OCH3 is 3. The van der Waals surface area contributed by atoms with Gasteiger partial charge in [-0.25, -0.2) is 0 Å². The second kappa shape index (κ2) is 5.61. The Hall–Kier alpha value is -2.31. The molecule has 1 heterocycles. The molecular weight excluding hydrogens is 322 g/mol. The maximum Gasteiger partial charge on any atom is 0.220 e. The molecule has 0 amide bonds. The van der Waals surface area contributed by atoms with Crippen LogP contribution in [0.25, 0.3) is 0 Å². The Morgan fingerprint density at radius 1 is 1.16 bits per heavy atom. The number of ether oxygens (including phenoxy) is 3. The summed E-state index contributed by atoms with van der Waals surface area (Å²) in [6.45, 7) is 0.731. The second-order valence-corrected chi connectivity index (χ2v) is 6.57. The lowest BCUT2D eigenvalue weighted by Gasteiger charge is -2.51. The smallest absolute Gasteiger partial charge is 0.220 e. The summed E-state index contributed by atoms with van der Waals surface area (Å²) in [5.41, 5.74) is 2.12. The number of hydrogen-bond donors (Lipinski definition) is 2. The zero-order valence-corrected chi connectivity index (χ0v) is 14.5. The first-order valence-corrected chi connectivity index (χ1v) is 8.27. The summed E-state index contributed by atoms with van der Waals surface area (Å²) in [7, 11) is 4.67. The zero-order valence-electron chi connectivity index (χ0n) is 14.5. The number of nitrogens with one attached hydrogen (secondary N) is 1. The Labute approximate surface area is 146 Å². The first-order valence-electron chi connectivity index (χ1n) is 8.27. The monoisotopic (exact) mass is 343 g/mol. The van der Waals surface area contributed by atoms with Crippen molar-refractivity contribution < 1.29 is 24.1 Å². The molecule has 0 unspecified atom stereocenters. The van der Waals surface area contributed by atoms with Gasteiger partial charge in [0.25, 0.3) is 0 Å². The number of carbonyl (C=O) groups is 1. The number of benzene rings is 1. The molecule has 2 N–H and O–H groups in total. The van der Waals surface area contributed by atoms with Gasteiger partial charge in [-0.05, 0) is 54.0 Å². The van der Waals surface area contributed by atoms with Crippen molar-refractivity contribution in [2.75, 3.05) is 27.9 Å². The highest BCUT2D eigenvalue weighted by Gasteiger charge is 2.52. The fourth-order valence-electron chi connectivity index (χ4n) is 4.35. The molecular formula is C19H21NO5. The van der Waals surface area contributed by atoms with Crippen molar-refractivity contribution in [3.05, 3.63) is 46.7 Å². The standard InChI is InChI=1S/C19H21NO5/c1-23-14-6-10-11(8-15(14)24-2)19-4-5-20-17(18(10)22)12(19)7-13(21)16(9-19)25-3/h6-9,17-18,20,22H,4-5H2,1-3H3/t17-,18-,19+/m0/s1. The zero-order chi connectivity index (χ0) is 17.8. The average molecular weight is 343 g/mol. The molecule has 3 aliphatic rings. The van der Waals surface area contributed by atoms with Gasteiger partial charge in [-0.15, -0.1) is 0 Å². The molecule has 0 aromatic heterocycles. The molecule has 3 atom stereocenters. The predicted molar refractivity (Wildman–Crippen MR) is 90.8 cm³/mol. The molecule has 4 rings (SSSR count). The summed E-state index contributed by atoms with van der Waals surface area (Å²) < 4.78 is 16.2. The first kappa shape index (κ1) is 16.2. The van der Waals surface area contributed by atoms with Crippen molar-refractivity contribution in [3.8, 4) is 11.5 Å². The first-order chi connectivity index (χ1) is 12.1. The van der Waals surface area contributed by atoms with Crippen LogP contribution in [0.5, 0.6) is 11.5 Å². The number of ketones is 1. The number of carbonyl (C=O) groups excluding carboxylic acids is 1. The fourth-order valence-corrected chi connectivity index (χ4v) is 4.35. The maximum absolute atomic E-state index is 12.3. The van der Waals surface area contributed by atoms with Crippen LogP contribution in [0.2, 0.25) is 0 Å². The normalized spacial score (nSPS) is 29.8. The minimum absolute atomic E-state index is 0.169. The summed E-state index contributed by atoms with van der Waals surface area (Å²) in [5.74, 6) is 1.34. The number of aliphatic hydroxyl groups excluding tert-OH is 1. The van der Waals surface area contributed by atoms with Gasteiger partial charge in [-0.2, -0.15) is 0 Å². The minimum Gasteiger partial charge on any atom is -0.493 e. The summed E-state index contributed by atoms with van der Waals surface area (Å²) >= 11 is 0. The molecule has 0 spiro atoms. The van der Waals surface area contributed by atoms with Crippen molar-refractivity contribution in [2.45, 2.75) is 24.0 Å². The lowest BCUT2D eigenvalue weighted by Crippen LogP contribution is -2.55. The number of piperidine rings is 1. The van der Waals surface area contributed by atoms with Gasteiger partial charge in [0.05, 0.1) is 33.5 Å². The highest BCUT2D eigenvalue weighted by molar-refractivity contribution is 6.05. The van der Waals surface area contributed by atoms with Crippen LogP contribution >= 0.6 is 0 Å². The summed E-state index contributed by atoms with van der Waals surface area (Å²) in [6.07, 6.45) is 3.51. The maximum atomic E-state index is 12.3. The Bertz CT molecular complexity index is 812. The van der Waals surface area contributed by atoms with Crippen LogP contribution in [0, 0.1) is 0 Å². The Kier molecular flexibility index (Phi) is 3.63. The van der Waals surface area contributed by atoms with E-state index in [-0.39, 0.29) is 11.8 Å². The second-order valence-electron chi connectivity index (χ2n) is 6.57. The number of allylic oxidation sites excluding steroid dienone is 2. The van der Waals surface area contributed by atoms with Crippen molar-refractivity contribution in [2.24, 2.45) is 0 Å². The van der Waals surface area contributed by atoms with Crippen LogP contribution in [0.4, 0.5) is 0 Å². The van der Waals surface area contributed by atoms with Crippen LogP contribution in [0.1, 0.15) is 23.7 Å². The highest BCUT2D eigenvalue weighted by atomic mass is 16.5. The van der Waals surface area contributed by atoms with E-state index < -0.39 is 11.5 Å². The minimum atomic E-state index is -0.764. The SMILES string of the molecule is COC1=C[C@@]23CCN[C@@H](C2=CC1=O)[C@@H](O)c1cc(OC)c(OC)cc13. The fraction of sp³-hybridized carbons (Fsp3) is 0.421. The lowest BCUT2D eigenvalue weighted by molar-refractivity contribution is -0.114.